The van der Waals surface area contributed by atoms with Crippen molar-refractivity contribution in [2.24, 2.45) is 0 Å². The summed E-state index contributed by atoms with van der Waals surface area (Å²) < 4.78 is 5.01. The van der Waals surface area contributed by atoms with E-state index in [1.807, 2.05) is 13.8 Å². The fraction of sp³-hybridized carbons (Fsp3) is 0.600. The predicted molar refractivity (Wildman–Crippen MR) is 82.3 cm³/mol. The molecular weight excluding hydrogens is 284 g/mol. The number of methoxy groups -OCH3 is 1. The molecule has 1 heterocycles. The van der Waals surface area contributed by atoms with E-state index in [9.17, 15) is 9.59 Å². The first-order valence-corrected chi connectivity index (χ1v) is 7.38. The number of hydrogen-bond acceptors (Lipinski definition) is 5. The summed E-state index contributed by atoms with van der Waals surface area (Å²) in [6.07, 6.45) is 5.39. The largest absolute Gasteiger partial charge is 0.385 e. The molecule has 0 aromatic carbocycles. The molecule has 0 atom stereocenters. The van der Waals surface area contributed by atoms with Crippen LogP contribution < -0.4 is 5.32 Å². The first-order chi connectivity index (χ1) is 10.5. The third-order valence-electron chi connectivity index (χ3n) is 2.90. The summed E-state index contributed by atoms with van der Waals surface area (Å²) in [6, 6.07) is 0.0881. The minimum atomic E-state index is -0.221. The molecule has 1 rings (SSSR count). The van der Waals surface area contributed by atoms with Crippen molar-refractivity contribution in [3.05, 3.63) is 24.3 Å². The molecule has 0 bridgehead atoms. The second-order valence-electron chi connectivity index (χ2n) is 5.20. The molecule has 7 heteroatoms. The average Bonchev–Trinajstić information content (AvgIpc) is 2.50. The van der Waals surface area contributed by atoms with Gasteiger partial charge in [0.15, 0.2) is 0 Å². The standard InChI is InChI=1S/C15H24N4O3/c1-12(2)18-14(20)5-9-19(8-4-10-22-3)15(21)13-11-16-6-7-17-13/h6-7,11-12H,4-5,8-10H2,1-3H3,(H,18,20). The second kappa shape index (κ2) is 9.83. The number of nitrogens with zero attached hydrogens (tertiary/aromatic N) is 3. The summed E-state index contributed by atoms with van der Waals surface area (Å²) >= 11 is 0. The zero-order valence-corrected chi connectivity index (χ0v) is 13.4. The lowest BCUT2D eigenvalue weighted by atomic mass is 10.2. The fourth-order valence-electron chi connectivity index (χ4n) is 1.92. The molecule has 0 aliphatic heterocycles. The summed E-state index contributed by atoms with van der Waals surface area (Å²) in [5, 5.41) is 2.81. The van der Waals surface area contributed by atoms with Gasteiger partial charge in [-0.15, -0.1) is 0 Å². The topological polar surface area (TPSA) is 84.4 Å². The Morgan fingerprint density at radius 1 is 1.32 bits per heavy atom. The average molecular weight is 308 g/mol. The summed E-state index contributed by atoms with van der Waals surface area (Å²) in [7, 11) is 1.62. The molecule has 1 aromatic rings. The molecule has 22 heavy (non-hydrogen) atoms. The van der Waals surface area contributed by atoms with Crippen LogP contribution >= 0.6 is 0 Å². The van der Waals surface area contributed by atoms with Crippen molar-refractivity contribution in [2.75, 3.05) is 26.8 Å². The number of hydrogen-bond donors (Lipinski definition) is 1. The van der Waals surface area contributed by atoms with Gasteiger partial charge < -0.3 is 15.0 Å². The molecule has 1 aromatic heterocycles. The van der Waals surface area contributed by atoms with E-state index >= 15 is 0 Å². The predicted octanol–water partition coefficient (Wildman–Crippen LogP) is 0.870. The van der Waals surface area contributed by atoms with E-state index in [2.05, 4.69) is 15.3 Å². The van der Waals surface area contributed by atoms with E-state index in [1.54, 1.807) is 12.0 Å². The van der Waals surface area contributed by atoms with Gasteiger partial charge in [-0.1, -0.05) is 0 Å². The number of aromatic nitrogens is 2. The third kappa shape index (κ3) is 6.62. The van der Waals surface area contributed by atoms with Gasteiger partial charge in [0, 0.05) is 51.7 Å². The van der Waals surface area contributed by atoms with Gasteiger partial charge in [0.2, 0.25) is 5.91 Å². The summed E-state index contributed by atoms with van der Waals surface area (Å²) in [5.74, 6) is -0.291. The highest BCUT2D eigenvalue weighted by atomic mass is 16.5. The van der Waals surface area contributed by atoms with Crippen molar-refractivity contribution < 1.29 is 14.3 Å². The van der Waals surface area contributed by atoms with Gasteiger partial charge in [0.25, 0.3) is 5.91 Å². The van der Waals surface area contributed by atoms with E-state index in [-0.39, 0.29) is 30.0 Å². The maximum Gasteiger partial charge on any atom is 0.274 e. The number of amides is 2. The van der Waals surface area contributed by atoms with Crippen LogP contribution in [0, 0.1) is 0 Å². The summed E-state index contributed by atoms with van der Waals surface area (Å²) in [6.45, 7) is 5.22. The lowest BCUT2D eigenvalue weighted by molar-refractivity contribution is -0.121. The fourth-order valence-corrected chi connectivity index (χ4v) is 1.92. The van der Waals surface area contributed by atoms with Crippen LogP contribution in [0.15, 0.2) is 18.6 Å². The molecule has 0 unspecified atom stereocenters. The minimum absolute atomic E-state index is 0.0707. The molecule has 0 fully saturated rings. The van der Waals surface area contributed by atoms with Gasteiger partial charge in [-0.25, -0.2) is 4.98 Å². The van der Waals surface area contributed by atoms with Crippen molar-refractivity contribution in [1.82, 2.24) is 20.2 Å². The minimum Gasteiger partial charge on any atom is -0.385 e. The normalized spacial score (nSPS) is 10.5. The van der Waals surface area contributed by atoms with Gasteiger partial charge >= 0.3 is 0 Å². The maximum atomic E-state index is 12.4. The van der Waals surface area contributed by atoms with Crippen molar-refractivity contribution in [3.63, 3.8) is 0 Å². The van der Waals surface area contributed by atoms with Gasteiger partial charge in [0.1, 0.15) is 5.69 Å². The molecule has 7 nitrogen and oxygen atoms in total. The lowest BCUT2D eigenvalue weighted by Crippen LogP contribution is -2.38. The zero-order valence-electron chi connectivity index (χ0n) is 13.4. The van der Waals surface area contributed by atoms with E-state index in [1.165, 1.54) is 18.6 Å². The number of carbonyl (C=O) groups excluding carboxylic acids is 2. The Balaban J connectivity index is 2.63. The Labute approximate surface area is 131 Å². The molecule has 0 aliphatic carbocycles. The Morgan fingerprint density at radius 2 is 2.09 bits per heavy atom. The van der Waals surface area contributed by atoms with Crippen LogP contribution in [0.5, 0.6) is 0 Å². The molecule has 0 saturated carbocycles. The molecule has 122 valence electrons. The van der Waals surface area contributed by atoms with Crippen molar-refractivity contribution in [2.45, 2.75) is 32.7 Å². The number of carbonyl (C=O) groups is 2. The van der Waals surface area contributed by atoms with Crippen LogP contribution in [0.25, 0.3) is 0 Å². The quantitative estimate of drug-likeness (QED) is 0.684. The van der Waals surface area contributed by atoms with E-state index < -0.39 is 0 Å². The van der Waals surface area contributed by atoms with Gasteiger partial charge in [0.05, 0.1) is 6.20 Å². The number of ether oxygens (including phenoxy) is 1. The number of nitrogens with one attached hydrogen (secondary N) is 1. The molecule has 0 spiro atoms. The Hall–Kier alpha value is -2.02. The van der Waals surface area contributed by atoms with Gasteiger partial charge in [-0.3, -0.25) is 14.6 Å². The number of rotatable bonds is 9. The van der Waals surface area contributed by atoms with Crippen molar-refractivity contribution in [1.29, 1.82) is 0 Å². The van der Waals surface area contributed by atoms with Crippen molar-refractivity contribution in [3.8, 4) is 0 Å². The van der Waals surface area contributed by atoms with Crippen LogP contribution in [0.2, 0.25) is 0 Å². The summed E-state index contributed by atoms with van der Waals surface area (Å²) in [5.41, 5.74) is 0.282. The van der Waals surface area contributed by atoms with Crippen LogP contribution in [0.3, 0.4) is 0 Å². The highest BCUT2D eigenvalue weighted by Crippen LogP contribution is 2.03. The van der Waals surface area contributed by atoms with Crippen LogP contribution in [-0.2, 0) is 9.53 Å². The lowest BCUT2D eigenvalue weighted by Gasteiger charge is -2.22. The molecule has 1 N–H and O–H groups in total. The van der Waals surface area contributed by atoms with Crippen LogP contribution in [0.1, 0.15) is 37.2 Å². The van der Waals surface area contributed by atoms with Crippen LogP contribution in [0.4, 0.5) is 0 Å². The van der Waals surface area contributed by atoms with Gasteiger partial charge in [-0.05, 0) is 20.3 Å². The molecule has 0 radical (unpaired) electrons. The summed E-state index contributed by atoms with van der Waals surface area (Å²) in [4.78, 5) is 33.7. The molecule has 0 saturated heterocycles. The Morgan fingerprint density at radius 3 is 2.68 bits per heavy atom. The Kier molecular flexibility index (Phi) is 8.06. The first-order valence-electron chi connectivity index (χ1n) is 7.38. The van der Waals surface area contributed by atoms with Crippen molar-refractivity contribution >= 4 is 11.8 Å². The molecule has 0 aliphatic rings. The first kappa shape index (κ1) is 18.0. The highest BCUT2D eigenvalue weighted by molar-refractivity contribution is 5.92. The van der Waals surface area contributed by atoms with E-state index in [0.29, 0.717) is 26.1 Å². The van der Waals surface area contributed by atoms with Crippen LogP contribution in [-0.4, -0.2) is 59.5 Å². The SMILES string of the molecule is COCCCN(CCC(=O)NC(C)C)C(=O)c1cnccn1. The van der Waals surface area contributed by atoms with E-state index in [0.717, 1.165) is 0 Å². The monoisotopic (exact) mass is 308 g/mol. The molecule has 2 amide bonds. The highest BCUT2D eigenvalue weighted by Gasteiger charge is 2.18. The third-order valence-corrected chi connectivity index (χ3v) is 2.90. The zero-order chi connectivity index (χ0) is 16.4. The van der Waals surface area contributed by atoms with E-state index in [4.69, 9.17) is 4.74 Å². The Bertz CT molecular complexity index is 465. The maximum absolute atomic E-state index is 12.4. The smallest absolute Gasteiger partial charge is 0.274 e. The molecular formula is C15H24N4O3. The second-order valence-corrected chi connectivity index (χ2v) is 5.20. The van der Waals surface area contributed by atoms with Gasteiger partial charge in [-0.2, -0.15) is 0 Å².